The van der Waals surface area contributed by atoms with Gasteiger partial charge in [-0.25, -0.2) is 0 Å². The van der Waals surface area contributed by atoms with E-state index in [1.165, 1.54) is 0 Å². The Hall–Kier alpha value is -2.53. The van der Waals surface area contributed by atoms with Gasteiger partial charge in [0.2, 0.25) is 5.91 Å². The third kappa shape index (κ3) is 4.31. The number of carbonyl (C=O) groups excluding carboxylic acids is 2. The van der Waals surface area contributed by atoms with Crippen LogP contribution < -0.4 is 0 Å². The average molecular weight is 352 g/mol. The molecule has 3 rings (SSSR count). The van der Waals surface area contributed by atoms with E-state index < -0.39 is 0 Å². The molecule has 5 heteroatoms. The van der Waals surface area contributed by atoms with E-state index >= 15 is 0 Å². The maximum absolute atomic E-state index is 12.6. The van der Waals surface area contributed by atoms with Crippen LogP contribution in [0.5, 0.6) is 0 Å². The smallest absolute Gasteiger partial charge is 0.255 e. The van der Waals surface area contributed by atoms with Crippen LogP contribution in [-0.4, -0.2) is 47.8 Å². The number of nitrogens with zero attached hydrogens (tertiary/aromatic N) is 2. The first-order valence-electron chi connectivity index (χ1n) is 8.24. The van der Waals surface area contributed by atoms with Gasteiger partial charge in [0.1, 0.15) is 0 Å². The lowest BCUT2D eigenvalue weighted by Gasteiger charge is -2.34. The Morgan fingerprint density at radius 3 is 2.12 bits per heavy atom. The van der Waals surface area contributed by atoms with Gasteiger partial charge in [-0.1, -0.05) is 42.5 Å². The van der Waals surface area contributed by atoms with E-state index in [0.29, 0.717) is 36.6 Å². The molecule has 1 aliphatic rings. The Morgan fingerprint density at radius 2 is 1.44 bits per heavy atom. The summed E-state index contributed by atoms with van der Waals surface area (Å²) in [5.41, 5.74) is 1.60. The van der Waals surface area contributed by atoms with E-state index in [1.54, 1.807) is 21.9 Å². The largest absolute Gasteiger partial charge is 0.336 e. The second-order valence-corrected chi connectivity index (χ2v) is 6.36. The highest BCUT2D eigenvalue weighted by atomic mass is 32.1. The predicted molar refractivity (Wildman–Crippen MR) is 102 cm³/mol. The highest BCUT2D eigenvalue weighted by Crippen LogP contribution is 2.16. The van der Waals surface area contributed by atoms with Gasteiger partial charge in [-0.3, -0.25) is 9.59 Å². The molecule has 1 aliphatic heterocycles. The van der Waals surface area contributed by atoms with Gasteiger partial charge in [0, 0.05) is 37.2 Å². The Labute approximate surface area is 153 Å². The summed E-state index contributed by atoms with van der Waals surface area (Å²) < 4.78 is 0. The molecule has 0 N–H and O–H groups in total. The summed E-state index contributed by atoms with van der Waals surface area (Å²) in [6.45, 7) is 2.15. The topological polar surface area (TPSA) is 40.6 Å². The molecular weight excluding hydrogens is 332 g/mol. The van der Waals surface area contributed by atoms with Crippen molar-refractivity contribution < 1.29 is 9.59 Å². The monoisotopic (exact) mass is 352 g/mol. The van der Waals surface area contributed by atoms with Crippen molar-refractivity contribution in [3.05, 3.63) is 71.8 Å². The molecule has 1 saturated heterocycles. The summed E-state index contributed by atoms with van der Waals surface area (Å²) in [5, 5.41) is 0. The molecule has 4 nitrogen and oxygen atoms in total. The summed E-state index contributed by atoms with van der Waals surface area (Å²) >= 11 is 4.35. The van der Waals surface area contributed by atoms with Crippen LogP contribution in [0.1, 0.15) is 15.9 Å². The molecule has 1 heterocycles. The molecule has 0 spiro atoms. The van der Waals surface area contributed by atoms with Crippen molar-refractivity contribution in [3.8, 4) is 0 Å². The van der Waals surface area contributed by atoms with Gasteiger partial charge in [-0.15, -0.1) is 12.6 Å². The molecule has 0 aliphatic carbocycles. The zero-order valence-corrected chi connectivity index (χ0v) is 14.7. The molecule has 2 aromatic carbocycles. The lowest BCUT2D eigenvalue weighted by Crippen LogP contribution is -2.50. The van der Waals surface area contributed by atoms with Crippen molar-refractivity contribution in [2.45, 2.75) is 4.90 Å². The average Bonchev–Trinajstić information content (AvgIpc) is 2.67. The standard InChI is InChI=1S/C20H20N2O2S/c23-19(11-10-16-6-2-1-3-7-16)21-12-14-22(15-13-21)20(24)17-8-4-5-9-18(17)25/h1-11,25H,12-15H2/b11-10+. The molecule has 2 aromatic rings. The molecule has 0 aromatic heterocycles. The van der Waals surface area contributed by atoms with E-state index in [4.69, 9.17) is 0 Å². The minimum Gasteiger partial charge on any atom is -0.336 e. The van der Waals surface area contributed by atoms with Crippen LogP contribution in [0, 0.1) is 0 Å². The molecule has 0 unspecified atom stereocenters. The van der Waals surface area contributed by atoms with Crippen molar-refractivity contribution in [3.63, 3.8) is 0 Å². The van der Waals surface area contributed by atoms with Crippen molar-refractivity contribution in [2.24, 2.45) is 0 Å². The minimum atomic E-state index is -0.0301. The number of benzene rings is 2. The SMILES string of the molecule is O=C(/C=C/c1ccccc1)N1CCN(C(=O)c2ccccc2S)CC1. The van der Waals surface area contributed by atoms with E-state index in [2.05, 4.69) is 12.6 Å². The predicted octanol–water partition coefficient (Wildman–Crippen LogP) is 2.97. The number of hydrogen-bond acceptors (Lipinski definition) is 3. The van der Waals surface area contributed by atoms with E-state index in [0.717, 1.165) is 5.56 Å². The minimum absolute atomic E-state index is 0.0226. The lowest BCUT2D eigenvalue weighted by atomic mass is 10.1. The van der Waals surface area contributed by atoms with Gasteiger partial charge in [0.05, 0.1) is 5.56 Å². The van der Waals surface area contributed by atoms with Crippen LogP contribution in [0.15, 0.2) is 65.6 Å². The Balaban J connectivity index is 1.56. The van der Waals surface area contributed by atoms with Crippen LogP contribution in [-0.2, 0) is 4.79 Å². The van der Waals surface area contributed by atoms with Crippen molar-refractivity contribution in [2.75, 3.05) is 26.2 Å². The zero-order valence-electron chi connectivity index (χ0n) is 13.8. The maximum atomic E-state index is 12.6. The number of piperazine rings is 1. The third-order valence-electron chi connectivity index (χ3n) is 4.23. The van der Waals surface area contributed by atoms with E-state index in [9.17, 15) is 9.59 Å². The third-order valence-corrected chi connectivity index (χ3v) is 4.62. The molecule has 0 atom stereocenters. The van der Waals surface area contributed by atoms with Crippen molar-refractivity contribution >= 4 is 30.5 Å². The molecule has 2 amide bonds. The number of hydrogen-bond donors (Lipinski definition) is 1. The van der Waals surface area contributed by atoms with Gasteiger partial charge in [0.15, 0.2) is 0 Å². The fourth-order valence-corrected chi connectivity index (χ4v) is 3.05. The molecule has 128 valence electrons. The number of thiol groups is 1. The van der Waals surface area contributed by atoms with Crippen LogP contribution in [0.4, 0.5) is 0 Å². The van der Waals surface area contributed by atoms with Gasteiger partial charge in [-0.05, 0) is 23.8 Å². The molecule has 0 radical (unpaired) electrons. The quantitative estimate of drug-likeness (QED) is 0.681. The van der Waals surface area contributed by atoms with Crippen LogP contribution in [0.3, 0.4) is 0 Å². The van der Waals surface area contributed by atoms with E-state index in [-0.39, 0.29) is 11.8 Å². The maximum Gasteiger partial charge on any atom is 0.255 e. The van der Waals surface area contributed by atoms with Crippen molar-refractivity contribution in [1.82, 2.24) is 9.80 Å². The summed E-state index contributed by atoms with van der Waals surface area (Å²) in [7, 11) is 0. The van der Waals surface area contributed by atoms with Gasteiger partial charge in [-0.2, -0.15) is 0 Å². The fraction of sp³-hybridized carbons (Fsp3) is 0.200. The summed E-state index contributed by atoms with van der Waals surface area (Å²) in [6.07, 6.45) is 3.41. The Kier molecular flexibility index (Phi) is 5.56. The van der Waals surface area contributed by atoms with Crippen LogP contribution in [0.2, 0.25) is 0 Å². The normalized spacial score (nSPS) is 14.8. The number of carbonyl (C=O) groups is 2. The van der Waals surface area contributed by atoms with Gasteiger partial charge in [0.25, 0.3) is 5.91 Å². The van der Waals surface area contributed by atoms with E-state index in [1.807, 2.05) is 54.6 Å². The number of rotatable bonds is 3. The second-order valence-electron chi connectivity index (χ2n) is 5.88. The van der Waals surface area contributed by atoms with Gasteiger partial charge < -0.3 is 9.80 Å². The van der Waals surface area contributed by atoms with Gasteiger partial charge >= 0.3 is 0 Å². The molecule has 0 saturated carbocycles. The summed E-state index contributed by atoms with van der Waals surface area (Å²) in [4.78, 5) is 29.1. The highest BCUT2D eigenvalue weighted by Gasteiger charge is 2.24. The highest BCUT2D eigenvalue weighted by molar-refractivity contribution is 7.80. The molecular formula is C20H20N2O2S. The summed E-state index contributed by atoms with van der Waals surface area (Å²) in [5.74, 6) is -0.0527. The first kappa shape index (κ1) is 17.3. The Morgan fingerprint density at radius 1 is 0.840 bits per heavy atom. The molecule has 25 heavy (non-hydrogen) atoms. The second kappa shape index (κ2) is 8.03. The van der Waals surface area contributed by atoms with Crippen molar-refractivity contribution in [1.29, 1.82) is 0 Å². The first-order valence-corrected chi connectivity index (χ1v) is 8.69. The molecule has 0 bridgehead atoms. The van der Waals surface area contributed by atoms with Crippen LogP contribution >= 0.6 is 12.6 Å². The lowest BCUT2D eigenvalue weighted by molar-refractivity contribution is -0.127. The number of amides is 2. The Bertz CT molecular complexity index is 781. The zero-order chi connectivity index (χ0) is 17.6. The first-order chi connectivity index (χ1) is 12.1. The fourth-order valence-electron chi connectivity index (χ4n) is 2.79. The summed E-state index contributed by atoms with van der Waals surface area (Å²) in [6, 6.07) is 17.0. The molecule has 1 fully saturated rings. The van der Waals surface area contributed by atoms with Crippen LogP contribution in [0.25, 0.3) is 6.08 Å².